The van der Waals surface area contributed by atoms with Crippen LogP contribution in [0.15, 0.2) is 48.5 Å². The fraction of sp³-hybridized carbons (Fsp3) is 0.143. The Hall–Kier alpha value is -2.96. The van der Waals surface area contributed by atoms with Crippen LogP contribution in [-0.2, 0) is 0 Å². The minimum absolute atomic E-state index is 0.0264. The number of nitro groups is 2. The quantitative estimate of drug-likeness (QED) is 0.618. The molecule has 0 aliphatic rings. The second-order valence-corrected chi connectivity index (χ2v) is 4.29. The van der Waals surface area contributed by atoms with Gasteiger partial charge in [0.05, 0.1) is 9.85 Å². The van der Waals surface area contributed by atoms with Gasteiger partial charge in [-0.25, -0.2) is 0 Å². The standard InChI is InChI=1S/C14H13N3O4/c1-2-15(11-3-7-13(8-4-11)16(18)19)12-5-9-14(10-6-12)17(20)21/h3-10H,2H2,1H3. The van der Waals surface area contributed by atoms with E-state index in [9.17, 15) is 20.2 Å². The molecule has 7 nitrogen and oxygen atoms in total. The van der Waals surface area contributed by atoms with E-state index < -0.39 is 9.85 Å². The molecule has 0 aliphatic carbocycles. The normalized spacial score (nSPS) is 10.1. The highest BCUT2D eigenvalue weighted by Crippen LogP contribution is 2.28. The second-order valence-electron chi connectivity index (χ2n) is 4.29. The molecule has 0 atom stereocenters. The summed E-state index contributed by atoms with van der Waals surface area (Å²) in [5.74, 6) is 0. The number of rotatable bonds is 5. The lowest BCUT2D eigenvalue weighted by Gasteiger charge is -2.23. The molecule has 21 heavy (non-hydrogen) atoms. The molecule has 7 heteroatoms. The predicted octanol–water partition coefficient (Wildman–Crippen LogP) is 3.66. The van der Waals surface area contributed by atoms with Gasteiger partial charge in [0.15, 0.2) is 0 Å². The number of nitrogens with zero attached hydrogens (tertiary/aromatic N) is 3. The molecule has 0 bridgehead atoms. The third-order valence-electron chi connectivity index (χ3n) is 3.06. The maximum atomic E-state index is 10.7. The van der Waals surface area contributed by atoms with Gasteiger partial charge in [0, 0.05) is 42.2 Å². The number of benzene rings is 2. The highest BCUT2D eigenvalue weighted by atomic mass is 16.6. The summed E-state index contributed by atoms with van der Waals surface area (Å²) >= 11 is 0. The summed E-state index contributed by atoms with van der Waals surface area (Å²) in [7, 11) is 0. The Morgan fingerprint density at radius 3 is 1.38 bits per heavy atom. The molecule has 0 amide bonds. The van der Waals surface area contributed by atoms with Gasteiger partial charge in [-0.1, -0.05) is 0 Å². The highest BCUT2D eigenvalue weighted by molar-refractivity contribution is 5.65. The van der Waals surface area contributed by atoms with Crippen molar-refractivity contribution in [3.8, 4) is 0 Å². The Labute approximate surface area is 120 Å². The number of nitro benzene ring substituents is 2. The Balaban J connectivity index is 2.30. The first-order valence-corrected chi connectivity index (χ1v) is 6.29. The first-order chi connectivity index (χ1) is 10.0. The molecule has 0 saturated heterocycles. The number of hydrogen-bond acceptors (Lipinski definition) is 5. The largest absolute Gasteiger partial charge is 0.342 e. The Kier molecular flexibility index (Phi) is 4.13. The number of non-ortho nitro benzene ring substituents is 2. The van der Waals surface area contributed by atoms with Gasteiger partial charge in [-0.15, -0.1) is 0 Å². The molecule has 0 spiro atoms. The molecule has 2 aromatic rings. The van der Waals surface area contributed by atoms with E-state index >= 15 is 0 Å². The van der Waals surface area contributed by atoms with Crippen molar-refractivity contribution in [3.63, 3.8) is 0 Å². The van der Waals surface area contributed by atoms with Crippen LogP contribution in [0.2, 0.25) is 0 Å². The number of anilines is 2. The number of hydrogen-bond donors (Lipinski definition) is 0. The van der Waals surface area contributed by atoms with E-state index in [4.69, 9.17) is 0 Å². The van der Waals surface area contributed by atoms with Crippen molar-refractivity contribution in [1.82, 2.24) is 0 Å². The van der Waals surface area contributed by atoms with Crippen molar-refractivity contribution < 1.29 is 9.85 Å². The SMILES string of the molecule is CCN(c1ccc([N+](=O)[O-])cc1)c1ccc([N+](=O)[O-])cc1. The van der Waals surface area contributed by atoms with Crippen LogP contribution in [0.4, 0.5) is 22.7 Å². The minimum atomic E-state index is -0.452. The van der Waals surface area contributed by atoms with Crippen molar-refractivity contribution in [2.75, 3.05) is 11.4 Å². The first-order valence-electron chi connectivity index (χ1n) is 6.29. The van der Waals surface area contributed by atoms with Crippen molar-refractivity contribution in [2.24, 2.45) is 0 Å². The van der Waals surface area contributed by atoms with Gasteiger partial charge in [0.2, 0.25) is 0 Å². The average molecular weight is 287 g/mol. The molecular weight excluding hydrogens is 274 g/mol. The van der Waals surface area contributed by atoms with E-state index in [2.05, 4.69) is 0 Å². The van der Waals surface area contributed by atoms with E-state index in [0.717, 1.165) is 11.4 Å². The minimum Gasteiger partial charge on any atom is -0.342 e. The van der Waals surface area contributed by atoms with Gasteiger partial charge >= 0.3 is 0 Å². The third kappa shape index (κ3) is 3.14. The topological polar surface area (TPSA) is 89.5 Å². The molecule has 0 aromatic heterocycles. The summed E-state index contributed by atoms with van der Waals surface area (Å²) in [6.45, 7) is 2.57. The highest BCUT2D eigenvalue weighted by Gasteiger charge is 2.12. The van der Waals surface area contributed by atoms with Crippen molar-refractivity contribution in [3.05, 3.63) is 68.8 Å². The van der Waals surface area contributed by atoms with E-state index in [1.165, 1.54) is 24.3 Å². The summed E-state index contributed by atoms with van der Waals surface area (Å²) in [6, 6.07) is 12.4. The maximum Gasteiger partial charge on any atom is 0.269 e. The van der Waals surface area contributed by atoms with Gasteiger partial charge in [0.25, 0.3) is 11.4 Å². The van der Waals surface area contributed by atoms with Crippen LogP contribution in [0.3, 0.4) is 0 Å². The Morgan fingerprint density at radius 1 is 0.810 bits per heavy atom. The lowest BCUT2D eigenvalue weighted by Crippen LogP contribution is -2.15. The van der Waals surface area contributed by atoms with Gasteiger partial charge in [0.1, 0.15) is 0 Å². The summed E-state index contributed by atoms with van der Waals surface area (Å²) in [6.07, 6.45) is 0. The smallest absolute Gasteiger partial charge is 0.269 e. The van der Waals surface area contributed by atoms with Crippen molar-refractivity contribution in [2.45, 2.75) is 6.92 Å². The maximum absolute atomic E-state index is 10.7. The summed E-state index contributed by atoms with van der Waals surface area (Å²) in [4.78, 5) is 22.3. The molecule has 0 aliphatic heterocycles. The molecule has 0 saturated carbocycles. The fourth-order valence-corrected chi connectivity index (χ4v) is 2.02. The summed E-state index contributed by atoms with van der Waals surface area (Å²) in [5.41, 5.74) is 1.63. The van der Waals surface area contributed by atoms with E-state index in [1.54, 1.807) is 24.3 Å². The van der Waals surface area contributed by atoms with Gasteiger partial charge < -0.3 is 4.90 Å². The second kappa shape index (κ2) is 6.00. The lowest BCUT2D eigenvalue weighted by molar-refractivity contribution is -0.385. The van der Waals surface area contributed by atoms with Crippen molar-refractivity contribution >= 4 is 22.7 Å². The van der Waals surface area contributed by atoms with Crippen LogP contribution in [-0.4, -0.2) is 16.4 Å². The zero-order chi connectivity index (χ0) is 15.4. The fourth-order valence-electron chi connectivity index (χ4n) is 2.02. The molecule has 0 unspecified atom stereocenters. The average Bonchev–Trinajstić information content (AvgIpc) is 2.49. The molecule has 0 heterocycles. The molecule has 108 valence electrons. The van der Waals surface area contributed by atoms with Crippen molar-refractivity contribution in [1.29, 1.82) is 0 Å². The van der Waals surface area contributed by atoms with Gasteiger partial charge in [-0.3, -0.25) is 20.2 Å². The first kappa shape index (κ1) is 14.4. The Morgan fingerprint density at radius 2 is 1.14 bits per heavy atom. The van der Waals surface area contributed by atoms with Crippen LogP contribution in [0, 0.1) is 20.2 Å². The van der Waals surface area contributed by atoms with Gasteiger partial charge in [-0.05, 0) is 31.2 Å². The Bertz CT molecular complexity index is 595. The van der Waals surface area contributed by atoms with Crippen LogP contribution >= 0.6 is 0 Å². The van der Waals surface area contributed by atoms with E-state index in [-0.39, 0.29) is 11.4 Å². The lowest BCUT2D eigenvalue weighted by atomic mass is 10.2. The molecular formula is C14H13N3O4. The zero-order valence-electron chi connectivity index (χ0n) is 11.3. The molecule has 2 aromatic carbocycles. The summed E-state index contributed by atoms with van der Waals surface area (Å²) in [5, 5.41) is 21.3. The monoisotopic (exact) mass is 287 g/mol. The third-order valence-corrected chi connectivity index (χ3v) is 3.06. The van der Waals surface area contributed by atoms with Crippen LogP contribution in [0.25, 0.3) is 0 Å². The molecule has 2 rings (SSSR count). The molecule has 0 radical (unpaired) electrons. The van der Waals surface area contributed by atoms with Crippen LogP contribution < -0.4 is 4.90 Å². The predicted molar refractivity (Wildman–Crippen MR) is 78.9 cm³/mol. The van der Waals surface area contributed by atoms with Gasteiger partial charge in [-0.2, -0.15) is 0 Å². The summed E-state index contributed by atoms with van der Waals surface area (Å²) < 4.78 is 0. The van der Waals surface area contributed by atoms with Crippen LogP contribution in [0.1, 0.15) is 6.92 Å². The molecule has 0 fully saturated rings. The molecule has 0 N–H and O–H groups in total. The van der Waals surface area contributed by atoms with Crippen LogP contribution in [0.5, 0.6) is 0 Å². The zero-order valence-corrected chi connectivity index (χ0v) is 11.3. The van der Waals surface area contributed by atoms with E-state index in [1.807, 2.05) is 11.8 Å². The van der Waals surface area contributed by atoms with E-state index in [0.29, 0.717) is 6.54 Å².